The third-order valence-electron chi connectivity index (χ3n) is 2.33. The van der Waals surface area contributed by atoms with Crippen LogP contribution in [0.1, 0.15) is 5.56 Å². The minimum absolute atomic E-state index is 0.601. The van der Waals surface area contributed by atoms with E-state index in [1.165, 1.54) is 0 Å². The van der Waals surface area contributed by atoms with Crippen molar-refractivity contribution < 1.29 is 4.42 Å². The zero-order valence-electron chi connectivity index (χ0n) is 8.80. The van der Waals surface area contributed by atoms with Crippen LogP contribution >= 0.6 is 15.9 Å². The molecule has 0 aliphatic rings. The molecule has 0 aromatic carbocycles. The molecule has 3 aromatic heterocycles. The van der Waals surface area contributed by atoms with Crippen molar-refractivity contribution in [2.24, 2.45) is 0 Å². The molecule has 6 heteroatoms. The molecule has 3 heterocycles. The Morgan fingerprint density at radius 2 is 2.29 bits per heavy atom. The Balaban J connectivity index is 1.81. The molecule has 0 saturated heterocycles. The molecule has 0 atom stereocenters. The monoisotopic (exact) mass is 292 g/mol. The fourth-order valence-corrected chi connectivity index (χ4v) is 1.83. The number of rotatable bonds is 3. The zero-order chi connectivity index (χ0) is 11.7. The van der Waals surface area contributed by atoms with Crippen LogP contribution in [0.3, 0.4) is 0 Å². The molecule has 86 valence electrons. The molecule has 0 bridgehead atoms. The fraction of sp³-hybridized carbons (Fsp3) is 0.0909. The van der Waals surface area contributed by atoms with Crippen molar-refractivity contribution in [1.29, 1.82) is 0 Å². The van der Waals surface area contributed by atoms with E-state index in [1.54, 1.807) is 17.0 Å². The predicted molar refractivity (Wildman–Crippen MR) is 66.7 cm³/mol. The second-order valence-corrected chi connectivity index (χ2v) is 4.49. The van der Waals surface area contributed by atoms with Gasteiger partial charge in [0.05, 0.1) is 12.5 Å². The van der Waals surface area contributed by atoms with Crippen LogP contribution in [0.25, 0.3) is 5.65 Å². The van der Waals surface area contributed by atoms with Crippen LogP contribution in [0.2, 0.25) is 0 Å². The van der Waals surface area contributed by atoms with E-state index in [0.717, 1.165) is 15.7 Å². The molecule has 0 saturated carbocycles. The van der Waals surface area contributed by atoms with Gasteiger partial charge in [0.1, 0.15) is 0 Å². The lowest BCUT2D eigenvalue weighted by atomic mass is 10.3. The topological polar surface area (TPSA) is 55.4 Å². The molecular formula is C11H9BrN4O. The summed E-state index contributed by atoms with van der Waals surface area (Å²) in [6.07, 6.45) is 5.20. The number of hydrogen-bond donors (Lipinski definition) is 1. The van der Waals surface area contributed by atoms with E-state index < -0.39 is 0 Å². The number of aromatic nitrogens is 3. The second kappa shape index (κ2) is 4.21. The number of halogens is 1. The van der Waals surface area contributed by atoms with E-state index >= 15 is 0 Å². The quantitative estimate of drug-likeness (QED) is 0.806. The third kappa shape index (κ3) is 2.16. The Kier molecular flexibility index (Phi) is 2.56. The molecule has 5 nitrogen and oxygen atoms in total. The number of hydrogen-bond acceptors (Lipinski definition) is 4. The second-order valence-electron chi connectivity index (χ2n) is 3.57. The van der Waals surface area contributed by atoms with Gasteiger partial charge in [-0.05, 0) is 34.1 Å². The largest absolute Gasteiger partial charge is 0.472 e. The maximum absolute atomic E-state index is 4.99. The number of fused-ring (bicyclic) bond motifs is 1. The van der Waals surface area contributed by atoms with Gasteiger partial charge < -0.3 is 9.73 Å². The summed E-state index contributed by atoms with van der Waals surface area (Å²) in [5, 5.41) is 7.44. The van der Waals surface area contributed by atoms with E-state index in [1.807, 2.05) is 24.4 Å². The molecule has 0 amide bonds. The normalized spacial score (nSPS) is 10.9. The van der Waals surface area contributed by atoms with E-state index in [9.17, 15) is 0 Å². The van der Waals surface area contributed by atoms with Gasteiger partial charge in [-0.15, -0.1) is 5.10 Å². The van der Waals surface area contributed by atoms with Crippen LogP contribution < -0.4 is 5.32 Å². The van der Waals surface area contributed by atoms with Gasteiger partial charge in [0, 0.05) is 22.8 Å². The highest BCUT2D eigenvalue weighted by Gasteiger charge is 2.03. The van der Waals surface area contributed by atoms with Gasteiger partial charge in [-0.2, -0.15) is 4.98 Å². The van der Waals surface area contributed by atoms with Crippen molar-refractivity contribution in [2.45, 2.75) is 6.54 Å². The number of furan rings is 1. The molecule has 0 aliphatic carbocycles. The Morgan fingerprint density at radius 1 is 1.35 bits per heavy atom. The summed E-state index contributed by atoms with van der Waals surface area (Å²) in [5.74, 6) is 0.601. The van der Waals surface area contributed by atoms with E-state index in [2.05, 4.69) is 31.3 Å². The van der Waals surface area contributed by atoms with Gasteiger partial charge in [-0.1, -0.05) is 0 Å². The first-order chi connectivity index (χ1) is 8.31. The average molecular weight is 293 g/mol. The molecule has 1 N–H and O–H groups in total. The summed E-state index contributed by atoms with van der Waals surface area (Å²) in [4.78, 5) is 4.34. The molecule has 0 spiro atoms. The Hall–Kier alpha value is -1.82. The molecular weight excluding hydrogens is 284 g/mol. The van der Waals surface area contributed by atoms with Gasteiger partial charge in [-0.3, -0.25) is 0 Å². The smallest absolute Gasteiger partial charge is 0.243 e. The summed E-state index contributed by atoms with van der Waals surface area (Å²) >= 11 is 3.39. The minimum atomic E-state index is 0.601. The van der Waals surface area contributed by atoms with Crippen LogP contribution in [-0.4, -0.2) is 14.6 Å². The van der Waals surface area contributed by atoms with Crippen LogP contribution in [-0.2, 0) is 6.54 Å². The summed E-state index contributed by atoms with van der Waals surface area (Å²) in [7, 11) is 0. The van der Waals surface area contributed by atoms with Gasteiger partial charge in [0.25, 0.3) is 0 Å². The molecule has 0 fully saturated rings. The predicted octanol–water partition coefficient (Wildman–Crippen LogP) is 2.70. The van der Waals surface area contributed by atoms with E-state index in [4.69, 9.17) is 4.42 Å². The average Bonchev–Trinajstić information content (AvgIpc) is 2.94. The van der Waals surface area contributed by atoms with Crippen molar-refractivity contribution in [3.8, 4) is 0 Å². The Labute approximate surface area is 106 Å². The van der Waals surface area contributed by atoms with Crippen LogP contribution in [0.5, 0.6) is 0 Å². The van der Waals surface area contributed by atoms with E-state index in [0.29, 0.717) is 12.5 Å². The summed E-state index contributed by atoms with van der Waals surface area (Å²) in [6, 6.07) is 5.74. The summed E-state index contributed by atoms with van der Waals surface area (Å²) in [6.45, 7) is 0.647. The Morgan fingerprint density at radius 3 is 3.12 bits per heavy atom. The summed E-state index contributed by atoms with van der Waals surface area (Å²) in [5.41, 5.74) is 1.87. The van der Waals surface area contributed by atoms with Crippen LogP contribution in [0.4, 0.5) is 5.95 Å². The zero-order valence-corrected chi connectivity index (χ0v) is 10.4. The molecule has 17 heavy (non-hydrogen) atoms. The van der Waals surface area contributed by atoms with Gasteiger partial charge in [0.15, 0.2) is 5.65 Å². The van der Waals surface area contributed by atoms with Crippen molar-refractivity contribution in [3.05, 3.63) is 47.0 Å². The number of nitrogens with zero attached hydrogens (tertiary/aromatic N) is 3. The lowest BCUT2D eigenvalue weighted by molar-refractivity contribution is 0.564. The van der Waals surface area contributed by atoms with Crippen LogP contribution in [0.15, 0.2) is 45.8 Å². The van der Waals surface area contributed by atoms with Crippen molar-refractivity contribution in [2.75, 3.05) is 5.32 Å². The molecule has 0 unspecified atom stereocenters. The molecule has 0 aliphatic heterocycles. The standard InChI is InChI=1S/C11H9BrN4O/c12-9-1-2-10-14-11(15-16(10)6-9)13-5-8-3-4-17-7-8/h1-4,6-7H,5H2,(H,13,15). The van der Waals surface area contributed by atoms with Crippen molar-refractivity contribution in [1.82, 2.24) is 14.6 Å². The highest BCUT2D eigenvalue weighted by molar-refractivity contribution is 9.10. The lowest BCUT2D eigenvalue weighted by Crippen LogP contribution is -1.99. The van der Waals surface area contributed by atoms with Crippen LogP contribution in [0, 0.1) is 0 Å². The Bertz CT molecular complexity index is 632. The number of anilines is 1. The van der Waals surface area contributed by atoms with Crippen molar-refractivity contribution in [3.63, 3.8) is 0 Å². The maximum Gasteiger partial charge on any atom is 0.243 e. The lowest BCUT2D eigenvalue weighted by Gasteiger charge is -1.96. The first kappa shape index (κ1) is 10.3. The maximum atomic E-state index is 4.99. The highest BCUT2D eigenvalue weighted by atomic mass is 79.9. The van der Waals surface area contributed by atoms with E-state index in [-0.39, 0.29) is 0 Å². The van der Waals surface area contributed by atoms with Crippen molar-refractivity contribution >= 4 is 27.5 Å². The SMILES string of the molecule is Brc1ccc2nc(NCc3ccoc3)nn2c1. The van der Waals surface area contributed by atoms with Gasteiger partial charge in [-0.25, -0.2) is 4.52 Å². The highest BCUT2D eigenvalue weighted by Crippen LogP contribution is 2.12. The fourth-order valence-electron chi connectivity index (χ4n) is 1.51. The molecule has 0 radical (unpaired) electrons. The first-order valence-corrected chi connectivity index (χ1v) is 5.87. The minimum Gasteiger partial charge on any atom is -0.472 e. The van der Waals surface area contributed by atoms with Gasteiger partial charge in [0.2, 0.25) is 5.95 Å². The van der Waals surface area contributed by atoms with Gasteiger partial charge >= 0.3 is 0 Å². The number of pyridine rings is 1. The number of nitrogens with one attached hydrogen (secondary N) is 1. The molecule has 3 aromatic rings. The molecule has 3 rings (SSSR count). The first-order valence-electron chi connectivity index (χ1n) is 5.08. The third-order valence-corrected chi connectivity index (χ3v) is 2.79. The summed E-state index contributed by atoms with van der Waals surface area (Å²) < 4.78 is 7.68.